The smallest absolute Gasteiger partial charge is 0.202 e. The Kier molecular flexibility index (Phi) is 5.48. The van der Waals surface area contributed by atoms with Crippen molar-refractivity contribution in [3.8, 4) is 0 Å². The molecule has 0 amide bonds. The van der Waals surface area contributed by atoms with Crippen LogP contribution in [0.15, 0.2) is 12.4 Å². The van der Waals surface area contributed by atoms with E-state index in [1.165, 1.54) is 0 Å². The Balaban J connectivity index is 1.63. The van der Waals surface area contributed by atoms with E-state index in [0.717, 1.165) is 64.7 Å². The van der Waals surface area contributed by atoms with Gasteiger partial charge in [-0.1, -0.05) is 6.92 Å². The number of aryl methyl sites for hydroxylation is 1. The SMILES string of the molecule is CCCn1ccnc1NCCCN1CCOCC1. The Morgan fingerprint density at radius 3 is 2.94 bits per heavy atom. The van der Waals surface area contributed by atoms with Gasteiger partial charge in [0.15, 0.2) is 0 Å². The standard InChI is InChI=1S/C13H24N4O/c1-2-6-17-8-5-15-13(17)14-4-3-7-16-9-11-18-12-10-16/h5,8H,2-4,6-7,9-12H2,1H3,(H,14,15). The van der Waals surface area contributed by atoms with Crippen LogP contribution >= 0.6 is 0 Å². The number of rotatable bonds is 7. The van der Waals surface area contributed by atoms with E-state index in [1.54, 1.807) is 0 Å². The van der Waals surface area contributed by atoms with Gasteiger partial charge in [-0.2, -0.15) is 0 Å². The molecule has 1 saturated heterocycles. The number of hydrogen-bond donors (Lipinski definition) is 1. The normalized spacial score (nSPS) is 16.9. The van der Waals surface area contributed by atoms with E-state index in [2.05, 4.69) is 26.7 Å². The monoisotopic (exact) mass is 252 g/mol. The number of ether oxygens (including phenoxy) is 1. The van der Waals surface area contributed by atoms with Crippen LogP contribution in [0, 0.1) is 0 Å². The number of morpholine rings is 1. The zero-order valence-corrected chi connectivity index (χ0v) is 11.3. The molecule has 2 heterocycles. The number of nitrogens with zero attached hydrogens (tertiary/aromatic N) is 3. The molecule has 0 aromatic carbocycles. The third kappa shape index (κ3) is 3.99. The highest BCUT2D eigenvalue weighted by atomic mass is 16.5. The van der Waals surface area contributed by atoms with E-state index in [9.17, 15) is 0 Å². The highest BCUT2D eigenvalue weighted by molar-refractivity contribution is 5.25. The molecule has 1 aromatic heterocycles. The lowest BCUT2D eigenvalue weighted by molar-refractivity contribution is 0.0378. The Morgan fingerprint density at radius 2 is 2.17 bits per heavy atom. The summed E-state index contributed by atoms with van der Waals surface area (Å²) in [6, 6.07) is 0. The zero-order chi connectivity index (χ0) is 12.6. The molecule has 1 aliphatic heterocycles. The van der Waals surface area contributed by atoms with Crippen LogP contribution in [0.25, 0.3) is 0 Å². The number of hydrogen-bond acceptors (Lipinski definition) is 4. The second kappa shape index (κ2) is 7.38. The van der Waals surface area contributed by atoms with Gasteiger partial charge in [0.1, 0.15) is 0 Å². The summed E-state index contributed by atoms with van der Waals surface area (Å²) in [5, 5.41) is 3.41. The first-order valence-electron chi connectivity index (χ1n) is 6.95. The van der Waals surface area contributed by atoms with Crippen LogP contribution in [-0.4, -0.2) is 53.8 Å². The second-order valence-electron chi connectivity index (χ2n) is 4.68. The van der Waals surface area contributed by atoms with Gasteiger partial charge in [-0.15, -0.1) is 0 Å². The molecule has 18 heavy (non-hydrogen) atoms. The second-order valence-corrected chi connectivity index (χ2v) is 4.68. The van der Waals surface area contributed by atoms with Gasteiger partial charge >= 0.3 is 0 Å². The summed E-state index contributed by atoms with van der Waals surface area (Å²) < 4.78 is 7.51. The number of imidazole rings is 1. The Hall–Kier alpha value is -1.07. The number of aromatic nitrogens is 2. The molecule has 0 aliphatic carbocycles. The van der Waals surface area contributed by atoms with Crippen LogP contribution in [-0.2, 0) is 11.3 Å². The predicted octanol–water partition coefficient (Wildman–Crippen LogP) is 1.43. The highest BCUT2D eigenvalue weighted by Crippen LogP contribution is 2.05. The fraction of sp³-hybridized carbons (Fsp3) is 0.769. The van der Waals surface area contributed by atoms with Crippen LogP contribution in [0.2, 0.25) is 0 Å². The summed E-state index contributed by atoms with van der Waals surface area (Å²) in [5.74, 6) is 0.999. The number of anilines is 1. The zero-order valence-electron chi connectivity index (χ0n) is 11.3. The summed E-state index contributed by atoms with van der Waals surface area (Å²) in [4.78, 5) is 6.80. The molecule has 0 saturated carbocycles. The molecule has 102 valence electrons. The van der Waals surface area contributed by atoms with Crippen LogP contribution in [0.4, 0.5) is 5.95 Å². The topological polar surface area (TPSA) is 42.3 Å². The molecule has 1 aromatic rings. The first kappa shape index (κ1) is 13.4. The largest absolute Gasteiger partial charge is 0.379 e. The summed E-state index contributed by atoms with van der Waals surface area (Å²) in [6.07, 6.45) is 6.19. The average Bonchev–Trinajstić information content (AvgIpc) is 2.84. The van der Waals surface area contributed by atoms with Crippen molar-refractivity contribution in [1.82, 2.24) is 14.5 Å². The van der Waals surface area contributed by atoms with E-state index in [1.807, 2.05) is 12.4 Å². The maximum atomic E-state index is 5.34. The quantitative estimate of drug-likeness (QED) is 0.745. The third-order valence-electron chi connectivity index (χ3n) is 3.22. The van der Waals surface area contributed by atoms with Gasteiger partial charge in [-0.05, 0) is 19.4 Å². The van der Waals surface area contributed by atoms with Crippen molar-refractivity contribution in [3.05, 3.63) is 12.4 Å². The Labute approximate surface area is 109 Å². The minimum absolute atomic E-state index is 0.883. The number of nitrogens with one attached hydrogen (secondary N) is 1. The third-order valence-corrected chi connectivity index (χ3v) is 3.22. The van der Waals surface area contributed by atoms with Gasteiger partial charge in [-0.25, -0.2) is 4.98 Å². The van der Waals surface area contributed by atoms with Gasteiger partial charge in [0, 0.05) is 38.6 Å². The van der Waals surface area contributed by atoms with Crippen molar-refractivity contribution in [2.75, 3.05) is 44.7 Å². The molecular weight excluding hydrogens is 228 g/mol. The maximum Gasteiger partial charge on any atom is 0.202 e. The van der Waals surface area contributed by atoms with Crippen molar-refractivity contribution in [2.45, 2.75) is 26.3 Å². The van der Waals surface area contributed by atoms with Crippen LogP contribution < -0.4 is 5.32 Å². The van der Waals surface area contributed by atoms with Crippen LogP contribution in [0.1, 0.15) is 19.8 Å². The lowest BCUT2D eigenvalue weighted by atomic mass is 10.3. The summed E-state index contributed by atoms with van der Waals surface area (Å²) in [7, 11) is 0. The molecule has 0 atom stereocenters. The molecule has 2 rings (SSSR count). The van der Waals surface area contributed by atoms with Crippen molar-refractivity contribution >= 4 is 5.95 Å². The van der Waals surface area contributed by atoms with E-state index in [4.69, 9.17) is 4.74 Å². The van der Waals surface area contributed by atoms with Gasteiger partial charge in [0.05, 0.1) is 13.2 Å². The molecule has 1 N–H and O–H groups in total. The fourth-order valence-corrected chi connectivity index (χ4v) is 2.23. The maximum absolute atomic E-state index is 5.34. The Morgan fingerprint density at radius 1 is 1.33 bits per heavy atom. The van der Waals surface area contributed by atoms with Crippen molar-refractivity contribution in [2.24, 2.45) is 0 Å². The van der Waals surface area contributed by atoms with E-state index < -0.39 is 0 Å². The summed E-state index contributed by atoms with van der Waals surface area (Å²) in [5.41, 5.74) is 0. The van der Waals surface area contributed by atoms with Crippen LogP contribution in [0.3, 0.4) is 0 Å². The van der Waals surface area contributed by atoms with Gasteiger partial charge in [-0.3, -0.25) is 4.90 Å². The van der Waals surface area contributed by atoms with Crippen LogP contribution in [0.5, 0.6) is 0 Å². The molecule has 1 fully saturated rings. The van der Waals surface area contributed by atoms with Gasteiger partial charge in [0.2, 0.25) is 5.95 Å². The fourth-order valence-electron chi connectivity index (χ4n) is 2.23. The first-order valence-corrected chi connectivity index (χ1v) is 6.95. The average molecular weight is 252 g/mol. The molecule has 5 nitrogen and oxygen atoms in total. The van der Waals surface area contributed by atoms with E-state index >= 15 is 0 Å². The summed E-state index contributed by atoms with van der Waals surface area (Å²) >= 11 is 0. The molecule has 1 aliphatic rings. The lowest BCUT2D eigenvalue weighted by Gasteiger charge is -2.26. The minimum atomic E-state index is 0.883. The van der Waals surface area contributed by atoms with Gasteiger partial charge in [0.25, 0.3) is 0 Å². The lowest BCUT2D eigenvalue weighted by Crippen LogP contribution is -2.37. The minimum Gasteiger partial charge on any atom is -0.379 e. The van der Waals surface area contributed by atoms with Gasteiger partial charge < -0.3 is 14.6 Å². The predicted molar refractivity (Wildman–Crippen MR) is 72.9 cm³/mol. The summed E-state index contributed by atoms with van der Waals surface area (Å²) in [6.45, 7) is 9.26. The van der Waals surface area contributed by atoms with E-state index in [-0.39, 0.29) is 0 Å². The van der Waals surface area contributed by atoms with Crippen molar-refractivity contribution in [3.63, 3.8) is 0 Å². The molecule has 5 heteroatoms. The van der Waals surface area contributed by atoms with E-state index in [0.29, 0.717) is 0 Å². The van der Waals surface area contributed by atoms with Crippen molar-refractivity contribution < 1.29 is 4.74 Å². The first-order chi connectivity index (χ1) is 8.90. The Bertz CT molecular complexity index is 333. The molecule has 0 radical (unpaired) electrons. The molecule has 0 spiro atoms. The highest BCUT2D eigenvalue weighted by Gasteiger charge is 2.09. The molecule has 0 bridgehead atoms. The van der Waals surface area contributed by atoms with Crippen molar-refractivity contribution in [1.29, 1.82) is 0 Å². The molecular formula is C13H24N4O. The molecule has 0 unspecified atom stereocenters.